The highest BCUT2D eigenvalue weighted by Crippen LogP contribution is 2.32. The van der Waals surface area contributed by atoms with E-state index in [-0.39, 0.29) is 37.2 Å². The second kappa shape index (κ2) is 14.5. The second-order valence-corrected chi connectivity index (χ2v) is 14.3. The number of fused-ring (bicyclic) bond motifs is 2. The van der Waals surface area contributed by atoms with Gasteiger partial charge in [-0.15, -0.1) is 0 Å². The number of piperazine rings is 1. The number of carbonyl (C=O) groups is 3. The van der Waals surface area contributed by atoms with Crippen molar-refractivity contribution in [2.24, 2.45) is 5.92 Å². The molecule has 11 nitrogen and oxygen atoms in total. The third-order valence-corrected chi connectivity index (χ3v) is 9.33. The second-order valence-electron chi connectivity index (χ2n) is 14.3. The van der Waals surface area contributed by atoms with Gasteiger partial charge in [-0.1, -0.05) is 54.6 Å². The minimum Gasteiger partial charge on any atom is -0.446 e. The third kappa shape index (κ3) is 8.18. The van der Waals surface area contributed by atoms with Crippen LogP contribution in [-0.4, -0.2) is 92.7 Å². The summed E-state index contributed by atoms with van der Waals surface area (Å²) in [7, 11) is 0. The average Bonchev–Trinajstić information content (AvgIpc) is 3.67. The Labute approximate surface area is 286 Å². The Balaban J connectivity index is 1.17. The number of aliphatic hydroxyl groups is 2. The number of furan rings is 1. The third-order valence-electron chi connectivity index (χ3n) is 9.33. The minimum absolute atomic E-state index is 0.129. The van der Waals surface area contributed by atoms with Crippen molar-refractivity contribution in [3.8, 4) is 0 Å². The molecule has 5 atom stereocenters. The summed E-state index contributed by atoms with van der Waals surface area (Å²) in [5.41, 5.74) is 3.22. The predicted molar refractivity (Wildman–Crippen MR) is 184 cm³/mol. The lowest BCUT2D eigenvalue weighted by atomic mass is 9.91. The van der Waals surface area contributed by atoms with Crippen molar-refractivity contribution < 1.29 is 29.0 Å². The fourth-order valence-electron chi connectivity index (χ4n) is 6.96. The van der Waals surface area contributed by atoms with Crippen molar-refractivity contribution in [1.29, 1.82) is 0 Å². The Morgan fingerprint density at radius 1 is 1.04 bits per heavy atom. The zero-order valence-corrected chi connectivity index (χ0v) is 28.2. The maximum Gasteiger partial charge on any atom is 0.255 e. The van der Waals surface area contributed by atoms with Crippen LogP contribution in [0, 0.1) is 5.92 Å². The number of carbonyl (C=O) groups excluding carboxylic acids is 3. The standard InChI is InChI=1S/C38H45N5O6/c1-38(2,3)41-35(47)31-23-43(37(48)28-18-26-13-16-49-36(26)39-21-28)15-14-42(31)22-29(44)19-27(17-24-9-5-4-6-10-24)34(46)40-33-30-12-8-7-11-25(30)20-32(33)45/h4-13,16,18,21,27,29,31-33,44-45H,14-15,17,19-20,22-23H2,1-3H3,(H,40,46)(H,41,47)/t27-,29-,31-,32+,33-/m0/s1. The molecule has 1 aliphatic heterocycles. The summed E-state index contributed by atoms with van der Waals surface area (Å²) in [6, 6.07) is 19.6. The van der Waals surface area contributed by atoms with Gasteiger partial charge in [0.15, 0.2) is 0 Å². The van der Waals surface area contributed by atoms with Crippen molar-refractivity contribution in [2.45, 2.75) is 69.9 Å². The molecule has 6 rings (SSSR count). The van der Waals surface area contributed by atoms with Gasteiger partial charge in [-0.25, -0.2) is 4.98 Å². The largest absolute Gasteiger partial charge is 0.446 e. The van der Waals surface area contributed by atoms with Gasteiger partial charge in [0.1, 0.15) is 6.04 Å². The molecule has 2 aromatic carbocycles. The Morgan fingerprint density at radius 3 is 2.57 bits per heavy atom. The van der Waals surface area contributed by atoms with Crippen LogP contribution in [0.15, 0.2) is 83.6 Å². The number of hydrogen-bond donors (Lipinski definition) is 4. The molecule has 2 aliphatic rings. The van der Waals surface area contributed by atoms with Gasteiger partial charge in [-0.2, -0.15) is 0 Å². The lowest BCUT2D eigenvalue weighted by molar-refractivity contribution is -0.131. The zero-order valence-electron chi connectivity index (χ0n) is 28.2. The lowest BCUT2D eigenvalue weighted by Crippen LogP contribution is -2.62. The summed E-state index contributed by atoms with van der Waals surface area (Å²) >= 11 is 0. The molecule has 0 bridgehead atoms. The van der Waals surface area contributed by atoms with Crippen LogP contribution in [0.1, 0.15) is 60.3 Å². The molecule has 3 heterocycles. The smallest absolute Gasteiger partial charge is 0.255 e. The summed E-state index contributed by atoms with van der Waals surface area (Å²) < 4.78 is 5.32. The molecule has 0 unspecified atom stereocenters. The van der Waals surface area contributed by atoms with E-state index in [0.717, 1.165) is 22.1 Å². The molecular formula is C38H45N5O6. The zero-order chi connectivity index (χ0) is 34.7. The molecule has 1 fully saturated rings. The van der Waals surface area contributed by atoms with Crippen LogP contribution >= 0.6 is 0 Å². The van der Waals surface area contributed by atoms with Crippen LogP contribution in [0.2, 0.25) is 0 Å². The topological polar surface area (TPSA) is 148 Å². The SMILES string of the molecule is CC(C)(C)NC(=O)[C@@H]1CN(C(=O)c2cnc3occc3c2)CCN1C[C@@H](O)C[C@H](Cc1ccccc1)C(=O)N[C@H]1c2ccccc2C[C@H]1O. The highest BCUT2D eigenvalue weighted by atomic mass is 16.3. The number of rotatable bonds is 10. The van der Waals surface area contributed by atoms with Gasteiger partial charge in [0.25, 0.3) is 5.91 Å². The number of amides is 3. The quantitative estimate of drug-likeness (QED) is 0.202. The summed E-state index contributed by atoms with van der Waals surface area (Å²) in [6.07, 6.45) is 2.34. The maximum absolute atomic E-state index is 13.9. The monoisotopic (exact) mass is 667 g/mol. The van der Waals surface area contributed by atoms with E-state index in [9.17, 15) is 24.6 Å². The first kappa shape index (κ1) is 34.3. The number of nitrogens with one attached hydrogen (secondary N) is 2. The number of benzene rings is 2. The number of aromatic nitrogens is 1. The summed E-state index contributed by atoms with van der Waals surface area (Å²) in [5, 5.41) is 29.2. The highest BCUT2D eigenvalue weighted by Gasteiger charge is 2.38. The normalized spacial score (nSPS) is 20.8. The van der Waals surface area contributed by atoms with E-state index in [0.29, 0.717) is 37.2 Å². The Morgan fingerprint density at radius 2 is 1.80 bits per heavy atom. The van der Waals surface area contributed by atoms with Gasteiger partial charge in [0.2, 0.25) is 17.5 Å². The number of pyridine rings is 1. The van der Waals surface area contributed by atoms with Crippen molar-refractivity contribution in [2.75, 3.05) is 26.2 Å². The van der Waals surface area contributed by atoms with Crippen LogP contribution in [0.25, 0.3) is 11.1 Å². The van der Waals surface area contributed by atoms with E-state index in [1.54, 1.807) is 17.0 Å². The van der Waals surface area contributed by atoms with E-state index >= 15 is 0 Å². The first-order chi connectivity index (χ1) is 23.4. The molecule has 11 heteroatoms. The van der Waals surface area contributed by atoms with Gasteiger partial charge >= 0.3 is 0 Å². The molecule has 0 spiro atoms. The van der Waals surface area contributed by atoms with Gasteiger partial charge in [0.05, 0.1) is 30.1 Å². The Bertz CT molecular complexity index is 1790. The number of aliphatic hydroxyl groups excluding tert-OH is 2. The van der Waals surface area contributed by atoms with Crippen molar-refractivity contribution >= 4 is 28.8 Å². The van der Waals surface area contributed by atoms with Crippen LogP contribution in [0.3, 0.4) is 0 Å². The first-order valence-electron chi connectivity index (χ1n) is 16.9. The van der Waals surface area contributed by atoms with Crippen molar-refractivity contribution in [3.63, 3.8) is 0 Å². The van der Waals surface area contributed by atoms with Crippen molar-refractivity contribution in [1.82, 2.24) is 25.4 Å². The number of nitrogens with zero attached hydrogens (tertiary/aromatic N) is 3. The van der Waals surface area contributed by atoms with Crippen LogP contribution in [0.4, 0.5) is 0 Å². The molecule has 3 amide bonds. The fraction of sp³-hybridized carbons (Fsp3) is 0.421. The van der Waals surface area contributed by atoms with Gasteiger partial charge < -0.3 is 30.2 Å². The van der Waals surface area contributed by atoms with Crippen molar-refractivity contribution in [3.05, 3.63) is 101 Å². The molecule has 49 heavy (non-hydrogen) atoms. The van der Waals surface area contributed by atoms with E-state index in [1.165, 1.54) is 12.5 Å². The molecule has 1 saturated heterocycles. The first-order valence-corrected chi connectivity index (χ1v) is 16.9. The van der Waals surface area contributed by atoms with E-state index in [1.807, 2.05) is 80.3 Å². The lowest BCUT2D eigenvalue weighted by Gasteiger charge is -2.42. The van der Waals surface area contributed by atoms with Gasteiger partial charge in [-0.05, 0) is 62.4 Å². The molecule has 1 aliphatic carbocycles. The van der Waals surface area contributed by atoms with Gasteiger partial charge in [0, 0.05) is 55.6 Å². The molecule has 4 N–H and O–H groups in total. The minimum atomic E-state index is -0.944. The molecule has 0 radical (unpaired) electrons. The number of β-amino-alcohol motifs (C(OH)–C–C–N with tert-alkyl or cyclic N) is 1. The van der Waals surface area contributed by atoms with Crippen LogP contribution in [0.5, 0.6) is 0 Å². The molecule has 2 aromatic heterocycles. The summed E-state index contributed by atoms with van der Waals surface area (Å²) in [5.74, 6) is -1.32. The maximum atomic E-state index is 13.9. The van der Waals surface area contributed by atoms with Gasteiger partial charge in [-0.3, -0.25) is 19.3 Å². The molecule has 0 saturated carbocycles. The summed E-state index contributed by atoms with van der Waals surface area (Å²) in [4.78, 5) is 48.9. The van der Waals surface area contributed by atoms with Crippen LogP contribution < -0.4 is 10.6 Å². The molecule has 4 aromatic rings. The average molecular weight is 668 g/mol. The van der Waals surface area contributed by atoms with E-state index in [2.05, 4.69) is 15.6 Å². The fourth-order valence-corrected chi connectivity index (χ4v) is 6.96. The molecule has 258 valence electrons. The van der Waals surface area contributed by atoms with E-state index < -0.39 is 35.7 Å². The Hall–Kier alpha value is -4.58. The number of hydrogen-bond acceptors (Lipinski definition) is 8. The Kier molecular flexibility index (Phi) is 10.1. The van der Waals surface area contributed by atoms with E-state index in [4.69, 9.17) is 4.42 Å². The summed E-state index contributed by atoms with van der Waals surface area (Å²) in [6.45, 7) is 6.66. The highest BCUT2D eigenvalue weighted by molar-refractivity contribution is 5.97. The molecular weight excluding hydrogens is 622 g/mol. The predicted octanol–water partition coefficient (Wildman–Crippen LogP) is 3.25. The van der Waals surface area contributed by atoms with Crippen LogP contribution in [-0.2, 0) is 22.4 Å².